The van der Waals surface area contributed by atoms with E-state index in [-0.39, 0.29) is 23.5 Å². The molecule has 19 heavy (non-hydrogen) atoms. The monoisotopic (exact) mass is 281 g/mol. The average molecular weight is 281 g/mol. The number of amides is 1. The number of carbonyl (C=O) groups excluding carboxylic acids is 1. The molecule has 104 valence electrons. The molecule has 1 aliphatic heterocycles. The smallest absolute Gasteiger partial charge is 0.224 e. The first-order valence-corrected chi connectivity index (χ1v) is 8.36. The summed E-state index contributed by atoms with van der Waals surface area (Å²) in [5.41, 5.74) is 1.02. The predicted octanol–water partition coefficient (Wildman–Crippen LogP) is 1.69. The highest BCUT2D eigenvalue weighted by Crippen LogP contribution is 2.20. The van der Waals surface area contributed by atoms with E-state index in [4.69, 9.17) is 0 Å². The standard InChI is InChI=1S/C14H19NO3S/c1-11(12-6-3-2-4-7-12)15-14(16)13-8-5-9-19(17,18)10-13/h2-4,6-7,11,13H,5,8-10H2,1H3,(H,15,16). The maximum atomic E-state index is 12.1. The number of rotatable bonds is 3. The summed E-state index contributed by atoms with van der Waals surface area (Å²) in [5.74, 6) is -0.352. The second kappa shape index (κ2) is 5.74. The quantitative estimate of drug-likeness (QED) is 0.917. The average Bonchev–Trinajstić information content (AvgIpc) is 2.38. The molecule has 0 spiro atoms. The van der Waals surface area contributed by atoms with Crippen LogP contribution >= 0.6 is 0 Å². The lowest BCUT2D eigenvalue weighted by Crippen LogP contribution is -2.39. The molecule has 1 aromatic carbocycles. The van der Waals surface area contributed by atoms with E-state index in [9.17, 15) is 13.2 Å². The third kappa shape index (κ3) is 3.80. The lowest BCUT2D eigenvalue weighted by molar-refractivity contribution is -0.125. The van der Waals surface area contributed by atoms with Crippen molar-refractivity contribution in [2.75, 3.05) is 11.5 Å². The number of hydrogen-bond donors (Lipinski definition) is 1. The summed E-state index contributed by atoms with van der Waals surface area (Å²) in [7, 11) is -3.04. The van der Waals surface area contributed by atoms with Crippen molar-refractivity contribution in [1.82, 2.24) is 5.32 Å². The van der Waals surface area contributed by atoms with E-state index in [1.165, 1.54) is 0 Å². The third-order valence-corrected chi connectivity index (χ3v) is 5.31. The van der Waals surface area contributed by atoms with Crippen molar-refractivity contribution >= 4 is 15.7 Å². The molecule has 1 aromatic rings. The van der Waals surface area contributed by atoms with E-state index in [1.807, 2.05) is 37.3 Å². The van der Waals surface area contributed by atoms with Crippen LogP contribution in [0.15, 0.2) is 30.3 Å². The van der Waals surface area contributed by atoms with Gasteiger partial charge in [0.15, 0.2) is 9.84 Å². The minimum atomic E-state index is -3.04. The van der Waals surface area contributed by atoms with Gasteiger partial charge < -0.3 is 5.32 Å². The Bertz CT molecular complexity index is 539. The zero-order valence-corrected chi connectivity index (χ0v) is 11.8. The summed E-state index contributed by atoms with van der Waals surface area (Å²) in [6, 6.07) is 9.56. The Kier molecular flexibility index (Phi) is 4.24. The molecular formula is C14H19NO3S. The van der Waals surface area contributed by atoms with Gasteiger partial charge in [-0.2, -0.15) is 0 Å². The summed E-state index contributed by atoms with van der Waals surface area (Å²) < 4.78 is 23.1. The van der Waals surface area contributed by atoms with Crippen molar-refractivity contribution in [3.63, 3.8) is 0 Å². The summed E-state index contributed by atoms with van der Waals surface area (Å²) in [6.07, 6.45) is 1.24. The van der Waals surface area contributed by atoms with Gasteiger partial charge in [0.25, 0.3) is 0 Å². The molecule has 0 saturated carbocycles. The van der Waals surface area contributed by atoms with Gasteiger partial charge in [-0.25, -0.2) is 8.42 Å². The van der Waals surface area contributed by atoms with Crippen LogP contribution in [0.25, 0.3) is 0 Å². The summed E-state index contributed by atoms with van der Waals surface area (Å²) >= 11 is 0. The van der Waals surface area contributed by atoms with Crippen LogP contribution in [0.3, 0.4) is 0 Å². The van der Waals surface area contributed by atoms with Crippen LogP contribution in [-0.2, 0) is 14.6 Å². The molecular weight excluding hydrogens is 262 g/mol. The van der Waals surface area contributed by atoms with Crippen molar-refractivity contribution in [3.8, 4) is 0 Å². The Morgan fingerprint density at radius 3 is 2.63 bits per heavy atom. The maximum Gasteiger partial charge on any atom is 0.224 e. The molecule has 4 nitrogen and oxygen atoms in total. The van der Waals surface area contributed by atoms with E-state index in [1.54, 1.807) is 0 Å². The first-order valence-electron chi connectivity index (χ1n) is 6.54. The van der Waals surface area contributed by atoms with Gasteiger partial charge in [-0.15, -0.1) is 0 Å². The molecule has 1 saturated heterocycles. The highest BCUT2D eigenvalue weighted by molar-refractivity contribution is 7.91. The van der Waals surface area contributed by atoms with Crippen molar-refractivity contribution in [2.24, 2.45) is 5.92 Å². The lowest BCUT2D eigenvalue weighted by atomic mass is 10.0. The van der Waals surface area contributed by atoms with E-state index < -0.39 is 15.8 Å². The SMILES string of the molecule is CC(NC(=O)C1CCCS(=O)(=O)C1)c1ccccc1. The van der Waals surface area contributed by atoms with Crippen molar-refractivity contribution in [1.29, 1.82) is 0 Å². The van der Waals surface area contributed by atoms with Gasteiger partial charge in [0.2, 0.25) is 5.91 Å². The first kappa shape index (κ1) is 14.1. The van der Waals surface area contributed by atoms with E-state index in [2.05, 4.69) is 5.32 Å². The van der Waals surface area contributed by atoms with Crippen molar-refractivity contribution in [2.45, 2.75) is 25.8 Å². The van der Waals surface area contributed by atoms with Crippen LogP contribution in [0.4, 0.5) is 0 Å². The highest BCUT2D eigenvalue weighted by atomic mass is 32.2. The van der Waals surface area contributed by atoms with Gasteiger partial charge in [0.1, 0.15) is 0 Å². The molecule has 1 aliphatic rings. The highest BCUT2D eigenvalue weighted by Gasteiger charge is 2.30. The van der Waals surface area contributed by atoms with Crippen LogP contribution in [-0.4, -0.2) is 25.8 Å². The normalized spacial score (nSPS) is 23.5. The second-order valence-corrected chi connectivity index (χ2v) is 7.32. The largest absolute Gasteiger partial charge is 0.349 e. The molecule has 1 fully saturated rings. The first-order chi connectivity index (χ1) is 8.98. The summed E-state index contributed by atoms with van der Waals surface area (Å²) in [5, 5.41) is 2.90. The topological polar surface area (TPSA) is 63.2 Å². The Labute approximate surface area is 114 Å². The molecule has 2 atom stereocenters. The third-order valence-electron chi connectivity index (χ3n) is 3.49. The molecule has 1 heterocycles. The van der Waals surface area contributed by atoms with E-state index in [0.29, 0.717) is 12.8 Å². The van der Waals surface area contributed by atoms with Gasteiger partial charge in [0.05, 0.1) is 23.5 Å². The minimum Gasteiger partial charge on any atom is -0.349 e. The molecule has 2 rings (SSSR count). The number of hydrogen-bond acceptors (Lipinski definition) is 3. The molecule has 0 aromatic heterocycles. The molecule has 1 amide bonds. The Balaban J connectivity index is 1.98. The molecule has 0 bridgehead atoms. The van der Waals surface area contributed by atoms with Gasteiger partial charge in [-0.1, -0.05) is 30.3 Å². The predicted molar refractivity (Wildman–Crippen MR) is 74.4 cm³/mol. The molecule has 0 radical (unpaired) electrons. The van der Waals surface area contributed by atoms with Gasteiger partial charge >= 0.3 is 0 Å². The van der Waals surface area contributed by atoms with Crippen LogP contribution in [0.5, 0.6) is 0 Å². The Morgan fingerprint density at radius 2 is 2.00 bits per heavy atom. The minimum absolute atomic E-state index is 0.0135. The number of carbonyl (C=O) groups is 1. The fourth-order valence-electron chi connectivity index (χ4n) is 2.39. The summed E-state index contributed by atoms with van der Waals surface area (Å²) in [4.78, 5) is 12.1. The zero-order chi connectivity index (χ0) is 13.9. The van der Waals surface area contributed by atoms with Gasteiger partial charge in [0, 0.05) is 0 Å². The Hall–Kier alpha value is -1.36. The van der Waals surface area contributed by atoms with Crippen molar-refractivity contribution < 1.29 is 13.2 Å². The molecule has 5 heteroatoms. The fourth-order valence-corrected chi connectivity index (χ4v) is 4.09. The van der Waals surface area contributed by atoms with E-state index >= 15 is 0 Å². The molecule has 0 aliphatic carbocycles. The number of nitrogens with one attached hydrogen (secondary N) is 1. The van der Waals surface area contributed by atoms with Crippen LogP contribution in [0, 0.1) is 5.92 Å². The number of sulfone groups is 1. The van der Waals surface area contributed by atoms with Crippen molar-refractivity contribution in [3.05, 3.63) is 35.9 Å². The van der Waals surface area contributed by atoms with E-state index in [0.717, 1.165) is 5.56 Å². The van der Waals surface area contributed by atoms with Crippen LogP contribution in [0.2, 0.25) is 0 Å². The van der Waals surface area contributed by atoms with Gasteiger partial charge in [-0.3, -0.25) is 4.79 Å². The summed E-state index contributed by atoms with van der Waals surface area (Å²) in [6.45, 7) is 1.91. The zero-order valence-electron chi connectivity index (χ0n) is 11.0. The molecule has 2 unspecified atom stereocenters. The van der Waals surface area contributed by atoms with Crippen LogP contribution in [0.1, 0.15) is 31.4 Å². The molecule has 1 N–H and O–H groups in total. The Morgan fingerprint density at radius 1 is 1.32 bits per heavy atom. The fraction of sp³-hybridized carbons (Fsp3) is 0.500. The number of benzene rings is 1. The lowest BCUT2D eigenvalue weighted by Gasteiger charge is -2.23. The maximum absolute atomic E-state index is 12.1. The second-order valence-electron chi connectivity index (χ2n) is 5.09. The van der Waals surface area contributed by atoms with Crippen LogP contribution < -0.4 is 5.32 Å². The van der Waals surface area contributed by atoms with Gasteiger partial charge in [-0.05, 0) is 25.3 Å².